The molecule has 1 saturated heterocycles. The van der Waals surface area contributed by atoms with Crippen LogP contribution in [0.1, 0.15) is 30.9 Å². The lowest BCUT2D eigenvalue weighted by Crippen LogP contribution is -2.46. The smallest absolute Gasteiger partial charge is 0.219 e. The molecule has 0 N–H and O–H groups in total. The van der Waals surface area contributed by atoms with Crippen molar-refractivity contribution in [2.24, 2.45) is 5.92 Å². The zero-order valence-electron chi connectivity index (χ0n) is 15.9. The molecule has 2 aliphatic heterocycles. The Morgan fingerprint density at radius 3 is 2.93 bits per heavy atom. The van der Waals surface area contributed by atoms with Gasteiger partial charge in [-0.25, -0.2) is 0 Å². The first-order valence-corrected chi connectivity index (χ1v) is 9.80. The number of para-hydroxylation sites is 1. The Bertz CT molecular complexity index is 780. The summed E-state index contributed by atoms with van der Waals surface area (Å²) in [5.74, 6) is 1.46. The molecular weight excluding hydrogens is 338 g/mol. The largest absolute Gasteiger partial charge is 0.488 e. The Kier molecular flexibility index (Phi) is 5.39. The highest BCUT2D eigenvalue weighted by Gasteiger charge is 2.33. The van der Waals surface area contributed by atoms with Crippen LogP contribution in [0.2, 0.25) is 0 Å². The Hall–Kier alpha value is -2.40. The molecule has 1 fully saturated rings. The van der Waals surface area contributed by atoms with Gasteiger partial charge in [0.1, 0.15) is 11.9 Å². The van der Waals surface area contributed by atoms with E-state index in [-0.39, 0.29) is 12.0 Å². The molecule has 2 unspecified atom stereocenters. The van der Waals surface area contributed by atoms with Gasteiger partial charge in [0.15, 0.2) is 0 Å². The number of benzene rings is 1. The summed E-state index contributed by atoms with van der Waals surface area (Å²) in [6.45, 7) is 5.97. The second-order valence-corrected chi connectivity index (χ2v) is 7.66. The number of hydrogen-bond acceptors (Lipinski definition) is 4. The third-order valence-corrected chi connectivity index (χ3v) is 5.65. The standard InChI is InChI=1S/C22H27N3O2/c1-17(26)25-15-20-7-2-3-9-21(20)27-22(16-25)19-8-5-11-24(14-19)13-18-6-4-10-23-12-18/h2-4,6-7,9-10,12,19,22H,5,8,11,13-16H2,1H3. The minimum absolute atomic E-state index is 0.0363. The third kappa shape index (κ3) is 4.30. The monoisotopic (exact) mass is 365 g/mol. The quantitative estimate of drug-likeness (QED) is 0.838. The molecule has 0 bridgehead atoms. The molecule has 5 nitrogen and oxygen atoms in total. The molecule has 4 rings (SSSR count). The number of rotatable bonds is 3. The van der Waals surface area contributed by atoms with Crippen LogP contribution in [0.4, 0.5) is 0 Å². The van der Waals surface area contributed by atoms with Gasteiger partial charge < -0.3 is 9.64 Å². The number of nitrogens with zero attached hydrogens (tertiary/aromatic N) is 3. The molecule has 0 spiro atoms. The summed E-state index contributed by atoms with van der Waals surface area (Å²) in [7, 11) is 0. The van der Waals surface area contributed by atoms with Crippen molar-refractivity contribution in [1.29, 1.82) is 0 Å². The zero-order chi connectivity index (χ0) is 18.6. The summed E-state index contributed by atoms with van der Waals surface area (Å²) in [6, 6.07) is 12.2. The summed E-state index contributed by atoms with van der Waals surface area (Å²) in [5, 5.41) is 0. The molecule has 27 heavy (non-hydrogen) atoms. The summed E-state index contributed by atoms with van der Waals surface area (Å²) >= 11 is 0. The fourth-order valence-electron chi connectivity index (χ4n) is 4.21. The van der Waals surface area contributed by atoms with Gasteiger partial charge in [-0.3, -0.25) is 14.7 Å². The highest BCUT2D eigenvalue weighted by Crippen LogP contribution is 2.30. The van der Waals surface area contributed by atoms with E-state index in [0.29, 0.717) is 19.0 Å². The average molecular weight is 365 g/mol. The fraction of sp³-hybridized carbons (Fsp3) is 0.455. The number of likely N-dealkylation sites (tertiary alicyclic amines) is 1. The highest BCUT2D eigenvalue weighted by atomic mass is 16.5. The van der Waals surface area contributed by atoms with Crippen LogP contribution in [-0.4, -0.2) is 46.4 Å². The number of piperidine rings is 1. The first-order valence-electron chi connectivity index (χ1n) is 9.80. The second kappa shape index (κ2) is 8.09. The number of aromatic nitrogens is 1. The first kappa shape index (κ1) is 18.0. The molecule has 0 saturated carbocycles. The minimum Gasteiger partial charge on any atom is -0.488 e. The van der Waals surface area contributed by atoms with Crippen LogP contribution < -0.4 is 4.74 Å². The summed E-state index contributed by atoms with van der Waals surface area (Å²) < 4.78 is 6.44. The maximum atomic E-state index is 12.1. The van der Waals surface area contributed by atoms with E-state index in [1.54, 1.807) is 6.92 Å². The lowest BCUT2D eigenvalue weighted by atomic mass is 9.91. The number of carbonyl (C=O) groups is 1. The Morgan fingerprint density at radius 2 is 2.11 bits per heavy atom. The summed E-state index contributed by atoms with van der Waals surface area (Å²) in [6.07, 6.45) is 6.10. The predicted molar refractivity (Wildman–Crippen MR) is 104 cm³/mol. The van der Waals surface area contributed by atoms with E-state index < -0.39 is 0 Å². The maximum absolute atomic E-state index is 12.1. The average Bonchev–Trinajstić information content (AvgIpc) is 2.89. The highest BCUT2D eigenvalue weighted by molar-refractivity contribution is 5.73. The van der Waals surface area contributed by atoms with Crippen molar-refractivity contribution in [3.63, 3.8) is 0 Å². The van der Waals surface area contributed by atoms with E-state index in [2.05, 4.69) is 22.0 Å². The molecule has 2 aliphatic rings. The van der Waals surface area contributed by atoms with Gasteiger partial charge >= 0.3 is 0 Å². The van der Waals surface area contributed by atoms with E-state index in [1.165, 1.54) is 5.56 Å². The molecule has 5 heteroatoms. The Labute approximate surface area is 161 Å². The van der Waals surface area contributed by atoms with E-state index >= 15 is 0 Å². The summed E-state index contributed by atoms with van der Waals surface area (Å²) in [4.78, 5) is 20.8. The van der Waals surface area contributed by atoms with Gasteiger partial charge in [0.2, 0.25) is 5.91 Å². The van der Waals surface area contributed by atoms with Gasteiger partial charge in [-0.15, -0.1) is 0 Å². The van der Waals surface area contributed by atoms with E-state index in [0.717, 1.165) is 43.8 Å². The topological polar surface area (TPSA) is 45.7 Å². The lowest BCUT2D eigenvalue weighted by molar-refractivity contribution is -0.130. The number of ether oxygens (including phenoxy) is 1. The number of hydrogen-bond donors (Lipinski definition) is 0. The van der Waals surface area contributed by atoms with Crippen LogP contribution >= 0.6 is 0 Å². The van der Waals surface area contributed by atoms with Gasteiger partial charge in [-0.1, -0.05) is 24.3 Å². The molecule has 0 radical (unpaired) electrons. The van der Waals surface area contributed by atoms with Crippen molar-refractivity contribution in [2.75, 3.05) is 19.6 Å². The van der Waals surface area contributed by atoms with Crippen molar-refractivity contribution in [3.05, 3.63) is 59.9 Å². The van der Waals surface area contributed by atoms with Crippen molar-refractivity contribution in [2.45, 2.75) is 39.0 Å². The minimum atomic E-state index is 0.0363. The first-order chi connectivity index (χ1) is 13.2. The number of fused-ring (bicyclic) bond motifs is 1. The maximum Gasteiger partial charge on any atom is 0.219 e. The molecule has 3 heterocycles. The SMILES string of the molecule is CC(=O)N1Cc2ccccc2OC(C2CCCN(Cc3cccnc3)C2)C1. The van der Waals surface area contributed by atoms with Crippen molar-refractivity contribution < 1.29 is 9.53 Å². The number of amides is 1. The van der Waals surface area contributed by atoms with Crippen LogP contribution in [0, 0.1) is 5.92 Å². The Balaban J connectivity index is 1.50. The lowest BCUT2D eigenvalue weighted by Gasteiger charge is -2.37. The van der Waals surface area contributed by atoms with Gasteiger partial charge in [0.05, 0.1) is 6.54 Å². The van der Waals surface area contributed by atoms with Crippen LogP contribution in [0.5, 0.6) is 5.75 Å². The number of pyridine rings is 1. The van der Waals surface area contributed by atoms with Crippen LogP contribution in [-0.2, 0) is 17.9 Å². The van der Waals surface area contributed by atoms with Crippen LogP contribution in [0.25, 0.3) is 0 Å². The summed E-state index contributed by atoms with van der Waals surface area (Å²) in [5.41, 5.74) is 2.34. The molecule has 1 aromatic carbocycles. The third-order valence-electron chi connectivity index (χ3n) is 5.65. The normalized spacial score (nSPS) is 23.2. The number of carbonyl (C=O) groups excluding carboxylic acids is 1. The van der Waals surface area contributed by atoms with Crippen molar-refractivity contribution in [1.82, 2.24) is 14.8 Å². The molecule has 0 aliphatic carbocycles. The van der Waals surface area contributed by atoms with Crippen LogP contribution in [0.3, 0.4) is 0 Å². The van der Waals surface area contributed by atoms with E-state index in [9.17, 15) is 4.79 Å². The van der Waals surface area contributed by atoms with Crippen LogP contribution in [0.15, 0.2) is 48.8 Å². The van der Waals surface area contributed by atoms with Gasteiger partial charge in [-0.2, -0.15) is 0 Å². The second-order valence-electron chi connectivity index (χ2n) is 7.66. The van der Waals surface area contributed by atoms with Crippen molar-refractivity contribution in [3.8, 4) is 5.75 Å². The van der Waals surface area contributed by atoms with E-state index in [1.807, 2.05) is 41.6 Å². The van der Waals surface area contributed by atoms with Gasteiger partial charge in [0, 0.05) is 50.4 Å². The van der Waals surface area contributed by atoms with E-state index in [4.69, 9.17) is 4.74 Å². The molecule has 1 amide bonds. The molecule has 2 aromatic rings. The molecular formula is C22H27N3O2. The predicted octanol–water partition coefficient (Wildman–Crippen LogP) is 3.10. The van der Waals surface area contributed by atoms with Crippen molar-refractivity contribution >= 4 is 5.91 Å². The zero-order valence-corrected chi connectivity index (χ0v) is 15.9. The van der Waals surface area contributed by atoms with Gasteiger partial charge in [0.25, 0.3) is 0 Å². The molecule has 1 aromatic heterocycles. The van der Waals surface area contributed by atoms with Gasteiger partial charge in [-0.05, 0) is 37.1 Å². The Morgan fingerprint density at radius 1 is 1.22 bits per heavy atom. The fourth-order valence-corrected chi connectivity index (χ4v) is 4.21. The molecule has 2 atom stereocenters. The molecule has 142 valence electrons.